The topological polar surface area (TPSA) is 225 Å². The second-order valence-electron chi connectivity index (χ2n) is 21.7. The Bertz CT molecular complexity index is 1440. The molecule has 0 aromatic heterocycles. The van der Waals surface area contributed by atoms with Crippen molar-refractivity contribution in [2.24, 2.45) is 0 Å². The van der Waals surface area contributed by atoms with Crippen LogP contribution >= 0.6 is 21.6 Å². The summed E-state index contributed by atoms with van der Waals surface area (Å²) in [5.74, 6) is 0.947. The quantitative estimate of drug-likeness (QED) is 0.0196. The van der Waals surface area contributed by atoms with Gasteiger partial charge in [0.15, 0.2) is 0 Å². The summed E-state index contributed by atoms with van der Waals surface area (Å²) in [4.78, 5) is 69.5. The van der Waals surface area contributed by atoms with Gasteiger partial charge in [0.2, 0.25) is 0 Å². The predicted molar refractivity (Wildman–Crippen MR) is 312 cm³/mol. The van der Waals surface area contributed by atoms with Crippen LogP contribution < -0.4 is 0 Å². The molecule has 1 aliphatic heterocycles. The largest absolute Gasteiger partial charge is 0.466 e. The summed E-state index contributed by atoms with van der Waals surface area (Å²) in [5.41, 5.74) is 0. The average molecular weight is 1150 g/mol. The zero-order valence-electron chi connectivity index (χ0n) is 49.4. The van der Waals surface area contributed by atoms with Crippen LogP contribution in [0.25, 0.3) is 0 Å². The van der Waals surface area contributed by atoms with E-state index in [-0.39, 0.29) is 48.5 Å². The van der Waals surface area contributed by atoms with Crippen LogP contribution in [0.2, 0.25) is 0 Å². The van der Waals surface area contributed by atoms with Crippen molar-refractivity contribution in [3.8, 4) is 0 Å². The van der Waals surface area contributed by atoms with Crippen LogP contribution in [-0.2, 0) is 47.7 Å². The first-order valence-corrected chi connectivity index (χ1v) is 32.7. The summed E-state index contributed by atoms with van der Waals surface area (Å²) in [6, 6.07) is 0. The zero-order chi connectivity index (χ0) is 57.6. The number of aliphatic hydroxyl groups is 4. The number of hydrogen-bond acceptors (Lipinski definition) is 20. The molecule has 0 aromatic rings. The van der Waals surface area contributed by atoms with Crippen LogP contribution in [0.4, 0.5) is 0 Å². The summed E-state index contributed by atoms with van der Waals surface area (Å²) in [5, 5.41) is 43.6. The van der Waals surface area contributed by atoms with Gasteiger partial charge in [0.25, 0.3) is 0 Å². The van der Waals surface area contributed by atoms with Gasteiger partial charge in [-0.1, -0.05) is 74.0 Å². The molecule has 1 aliphatic rings. The molecule has 0 amide bonds. The molecule has 1 saturated heterocycles. The Hall–Kier alpha value is -2.27. The van der Waals surface area contributed by atoms with E-state index in [1.807, 2.05) is 68.0 Å². The molecule has 78 heavy (non-hydrogen) atoms. The van der Waals surface area contributed by atoms with E-state index in [0.29, 0.717) is 155 Å². The number of carbonyl (C=O) groups excluding carboxylic acids is 5. The highest BCUT2D eigenvalue weighted by molar-refractivity contribution is 8.76. The van der Waals surface area contributed by atoms with Gasteiger partial charge in [-0.25, -0.2) is 0 Å². The molecule has 458 valence electrons. The maximum absolute atomic E-state index is 12.8. The number of aliphatic hydroxyl groups excluding tert-OH is 4. The highest BCUT2D eigenvalue weighted by Crippen LogP contribution is 2.23. The molecule has 4 N–H and O–H groups in total. The smallest absolute Gasteiger partial charge is 0.306 e. The van der Waals surface area contributed by atoms with Crippen molar-refractivity contribution in [2.75, 3.05) is 110 Å². The summed E-state index contributed by atoms with van der Waals surface area (Å²) >= 11 is 0. The van der Waals surface area contributed by atoms with Crippen LogP contribution in [0, 0.1) is 0 Å². The lowest BCUT2D eigenvalue weighted by molar-refractivity contribution is -0.148. The fourth-order valence-corrected chi connectivity index (χ4v) is 11.1. The van der Waals surface area contributed by atoms with Crippen LogP contribution in [0.1, 0.15) is 196 Å². The Labute approximate surface area is 479 Å². The first-order valence-electron chi connectivity index (χ1n) is 30.2. The molecule has 1 rings (SSSR count). The molecule has 0 spiro atoms. The lowest BCUT2D eigenvalue weighted by Crippen LogP contribution is -2.47. The first-order chi connectivity index (χ1) is 37.5. The van der Waals surface area contributed by atoms with Crippen molar-refractivity contribution < 1.29 is 68.1 Å². The normalized spacial score (nSPS) is 14.9. The van der Waals surface area contributed by atoms with Crippen molar-refractivity contribution in [2.45, 2.75) is 232 Å². The van der Waals surface area contributed by atoms with Gasteiger partial charge in [-0.15, -0.1) is 0 Å². The van der Waals surface area contributed by atoms with Crippen molar-refractivity contribution in [3.63, 3.8) is 0 Å². The highest BCUT2D eigenvalue weighted by atomic mass is 33.1. The molecule has 0 aromatic carbocycles. The lowest BCUT2D eigenvalue weighted by Gasteiger charge is -2.34. The Kier molecular flexibility index (Phi) is 46.7. The second-order valence-corrected chi connectivity index (χ2v) is 24.4. The molecule has 1 heterocycles. The van der Waals surface area contributed by atoms with Gasteiger partial charge >= 0.3 is 29.8 Å². The van der Waals surface area contributed by atoms with Gasteiger partial charge < -0.3 is 44.1 Å². The van der Waals surface area contributed by atoms with Crippen molar-refractivity contribution >= 4 is 51.4 Å². The number of unbranched alkanes of at least 4 members (excludes halogenated alkanes) is 7. The average Bonchev–Trinajstić information content (AvgIpc) is 3.37. The SMILES string of the molecule is CCCCOC(=O)CCCCC(O)CN(CCCC(=O)OCCN1CCN(CCSSCCCCN(CC(O)CCCCC(=O)OC(C)C)CC(O)CCCCC(=O)OC(C)C)CC1)CC(O)CCCCC(=O)OCCCC. The van der Waals surface area contributed by atoms with Crippen molar-refractivity contribution in [1.82, 2.24) is 19.6 Å². The van der Waals surface area contributed by atoms with E-state index in [0.717, 1.165) is 102 Å². The molecule has 1 fully saturated rings. The van der Waals surface area contributed by atoms with Gasteiger partial charge in [0, 0.05) is 109 Å². The number of rotatable bonds is 52. The Morgan fingerprint density at radius 3 is 1.17 bits per heavy atom. The van der Waals surface area contributed by atoms with Gasteiger partial charge in [-0.3, -0.25) is 43.6 Å². The Morgan fingerprint density at radius 2 is 0.769 bits per heavy atom. The summed E-state index contributed by atoms with van der Waals surface area (Å²) in [6.45, 7) is 21.0. The number of hydrogen-bond donors (Lipinski definition) is 4. The van der Waals surface area contributed by atoms with E-state index in [9.17, 15) is 44.4 Å². The van der Waals surface area contributed by atoms with Gasteiger partial charge in [-0.05, 0) is 124 Å². The summed E-state index contributed by atoms with van der Waals surface area (Å²) < 4.78 is 26.6. The number of piperazine rings is 1. The third kappa shape index (κ3) is 45.4. The molecule has 4 unspecified atom stereocenters. The van der Waals surface area contributed by atoms with E-state index < -0.39 is 24.4 Å². The molecule has 0 bridgehead atoms. The fraction of sp³-hybridized carbons (Fsp3) is 0.914. The minimum Gasteiger partial charge on any atom is -0.466 e. The fourth-order valence-electron chi connectivity index (χ4n) is 8.94. The molecular weight excluding hydrogens is 1040 g/mol. The standard InChI is InChI=1S/C58H110N4O14S2/c1-7-9-39-72-54(67)26-15-11-22-52(65)46-62(47-53(66)23-12-16-27-55(68)73-40-10-8-2)32-21-30-56(69)74-41-37-59-33-35-60(36-34-59)38-43-78-77-42-20-19-31-61(44-50(63)24-13-17-28-57(70)75-48(3)4)45-51(64)25-14-18-29-58(71)76-49(5)6/h48-53,63-66H,7-47H2,1-6H3. The summed E-state index contributed by atoms with van der Waals surface area (Å²) in [6.07, 6.45) is 12.6. The zero-order valence-corrected chi connectivity index (χ0v) is 51.1. The van der Waals surface area contributed by atoms with Crippen LogP contribution in [0.15, 0.2) is 0 Å². The maximum Gasteiger partial charge on any atom is 0.306 e. The van der Waals surface area contributed by atoms with Gasteiger partial charge in [-0.2, -0.15) is 0 Å². The monoisotopic (exact) mass is 1150 g/mol. The van der Waals surface area contributed by atoms with E-state index in [1.54, 1.807) is 0 Å². The molecular formula is C58H110N4O14S2. The Balaban J connectivity index is 2.41. The minimum absolute atomic E-state index is 0.136. The highest BCUT2D eigenvalue weighted by Gasteiger charge is 2.21. The first kappa shape index (κ1) is 73.7. The van der Waals surface area contributed by atoms with Crippen LogP contribution in [0.3, 0.4) is 0 Å². The van der Waals surface area contributed by atoms with Gasteiger partial charge in [0.1, 0.15) is 6.61 Å². The van der Waals surface area contributed by atoms with Crippen LogP contribution in [-0.4, -0.2) is 216 Å². The van der Waals surface area contributed by atoms with Crippen molar-refractivity contribution in [3.05, 3.63) is 0 Å². The second kappa shape index (κ2) is 49.3. The van der Waals surface area contributed by atoms with E-state index in [1.165, 1.54) is 0 Å². The maximum atomic E-state index is 12.8. The van der Waals surface area contributed by atoms with E-state index in [4.69, 9.17) is 23.7 Å². The number of esters is 5. The number of ether oxygens (including phenoxy) is 5. The van der Waals surface area contributed by atoms with Crippen molar-refractivity contribution in [1.29, 1.82) is 0 Å². The van der Waals surface area contributed by atoms with Crippen LogP contribution in [0.5, 0.6) is 0 Å². The summed E-state index contributed by atoms with van der Waals surface area (Å²) in [7, 11) is 3.78. The van der Waals surface area contributed by atoms with E-state index in [2.05, 4.69) is 14.7 Å². The third-order valence-electron chi connectivity index (χ3n) is 13.3. The molecule has 0 saturated carbocycles. The number of nitrogens with zero attached hydrogens (tertiary/aromatic N) is 4. The molecule has 20 heteroatoms. The number of carbonyl (C=O) groups is 5. The molecule has 0 radical (unpaired) electrons. The lowest BCUT2D eigenvalue weighted by atomic mass is 10.1. The Morgan fingerprint density at radius 1 is 0.423 bits per heavy atom. The molecule has 4 atom stereocenters. The van der Waals surface area contributed by atoms with E-state index >= 15 is 0 Å². The molecule has 0 aliphatic carbocycles. The van der Waals surface area contributed by atoms with Gasteiger partial charge in [0.05, 0.1) is 49.8 Å². The third-order valence-corrected chi connectivity index (χ3v) is 15.8. The molecule has 18 nitrogen and oxygen atoms in total. The minimum atomic E-state index is -0.645. The predicted octanol–water partition coefficient (Wildman–Crippen LogP) is 7.97.